The maximum atomic E-state index is 10.1. The maximum Gasteiger partial charge on any atom is 0.162 e. The highest BCUT2D eigenvalue weighted by Crippen LogP contribution is 2.44. The first-order chi connectivity index (χ1) is 17.2. The lowest BCUT2D eigenvalue weighted by Crippen LogP contribution is -2.39. The third-order valence-electron chi connectivity index (χ3n) is 7.81. The molecule has 2 aliphatic heterocycles. The summed E-state index contributed by atoms with van der Waals surface area (Å²) in [6.45, 7) is 4.54. The number of fused-ring (bicyclic) bond motifs is 6. The first kappa shape index (κ1) is 22.2. The van der Waals surface area contributed by atoms with Crippen LogP contribution in [-0.4, -0.2) is 28.2 Å². The molecule has 1 aromatic heterocycles. The highest BCUT2D eigenvalue weighted by atomic mass is 16.5. The van der Waals surface area contributed by atoms with Gasteiger partial charge in [0.25, 0.3) is 0 Å². The first-order valence-electron chi connectivity index (χ1n) is 12.6. The fourth-order valence-electron chi connectivity index (χ4n) is 5.88. The van der Waals surface area contributed by atoms with Crippen molar-refractivity contribution in [2.45, 2.75) is 52.1 Å². The number of nitrogens with zero attached hydrogens (tertiary/aromatic N) is 2. The Morgan fingerprint density at radius 3 is 2.57 bits per heavy atom. The number of para-hydroxylation sites is 1. The van der Waals surface area contributed by atoms with Gasteiger partial charge in [-0.05, 0) is 65.3 Å². The van der Waals surface area contributed by atoms with Gasteiger partial charge in [0.05, 0.1) is 12.6 Å². The van der Waals surface area contributed by atoms with Gasteiger partial charge in [-0.25, -0.2) is 0 Å². The van der Waals surface area contributed by atoms with Crippen molar-refractivity contribution >= 4 is 10.9 Å². The van der Waals surface area contributed by atoms with Crippen LogP contribution in [0.25, 0.3) is 10.9 Å². The molecule has 1 N–H and O–H groups in total. The lowest BCUT2D eigenvalue weighted by molar-refractivity contribution is 0.145. The number of hydrogen-bond acceptors (Lipinski definition) is 4. The zero-order valence-electron chi connectivity index (χ0n) is 20.5. The second kappa shape index (κ2) is 9.06. The predicted molar refractivity (Wildman–Crippen MR) is 138 cm³/mol. The Labute approximate surface area is 206 Å². The summed E-state index contributed by atoms with van der Waals surface area (Å²) in [5, 5.41) is 11.4. The molecule has 4 aromatic rings. The Morgan fingerprint density at radius 1 is 1.00 bits per heavy atom. The van der Waals surface area contributed by atoms with Gasteiger partial charge >= 0.3 is 0 Å². The summed E-state index contributed by atoms with van der Waals surface area (Å²) in [6, 6.07) is 21.7. The van der Waals surface area contributed by atoms with Crippen molar-refractivity contribution in [2.75, 3.05) is 13.7 Å². The lowest BCUT2D eigenvalue weighted by Gasteiger charge is -2.41. The molecule has 3 heterocycles. The van der Waals surface area contributed by atoms with E-state index < -0.39 is 0 Å². The van der Waals surface area contributed by atoms with Gasteiger partial charge < -0.3 is 19.1 Å². The van der Waals surface area contributed by atoms with E-state index in [1.807, 2.05) is 6.07 Å². The van der Waals surface area contributed by atoms with Crippen molar-refractivity contribution in [3.05, 3.63) is 94.2 Å². The minimum absolute atomic E-state index is 0.0133. The molecule has 0 aliphatic carbocycles. The molecular formula is C30H32N2O3. The van der Waals surface area contributed by atoms with Crippen LogP contribution in [0.3, 0.4) is 0 Å². The topological polar surface area (TPSA) is 46.9 Å². The van der Waals surface area contributed by atoms with E-state index in [1.165, 1.54) is 33.3 Å². The van der Waals surface area contributed by atoms with E-state index in [0.717, 1.165) is 54.9 Å². The Kier molecular flexibility index (Phi) is 5.75. The van der Waals surface area contributed by atoms with Crippen molar-refractivity contribution < 1.29 is 14.6 Å². The van der Waals surface area contributed by atoms with Crippen LogP contribution in [-0.2, 0) is 39.1 Å². The van der Waals surface area contributed by atoms with E-state index in [9.17, 15) is 5.11 Å². The lowest BCUT2D eigenvalue weighted by atomic mass is 9.85. The van der Waals surface area contributed by atoms with Crippen LogP contribution in [0.2, 0.25) is 0 Å². The number of rotatable bonds is 6. The third kappa shape index (κ3) is 3.79. The summed E-state index contributed by atoms with van der Waals surface area (Å²) in [5.74, 6) is 1.60. The van der Waals surface area contributed by atoms with Crippen molar-refractivity contribution in [1.82, 2.24) is 9.47 Å². The van der Waals surface area contributed by atoms with E-state index in [-0.39, 0.29) is 6.73 Å². The zero-order valence-corrected chi connectivity index (χ0v) is 20.5. The number of aryl methyl sites for hydroxylation is 1. The number of aliphatic hydroxyl groups is 1. The molecule has 0 saturated heterocycles. The summed E-state index contributed by atoms with van der Waals surface area (Å²) in [5.41, 5.74) is 8.89. The van der Waals surface area contributed by atoms with E-state index >= 15 is 0 Å². The SMILES string of the molecule is CCc1ccc(COc2cc3c(cc2OC)CCN2Cc4c(c5ccccc5n4CO)CC32)cc1. The Morgan fingerprint density at radius 2 is 1.80 bits per heavy atom. The van der Waals surface area contributed by atoms with Crippen LogP contribution in [0.1, 0.15) is 46.5 Å². The van der Waals surface area contributed by atoms with Crippen LogP contribution in [0.4, 0.5) is 0 Å². The minimum atomic E-state index is 0.0133. The van der Waals surface area contributed by atoms with E-state index in [0.29, 0.717) is 12.6 Å². The van der Waals surface area contributed by atoms with E-state index in [4.69, 9.17) is 9.47 Å². The molecule has 5 nitrogen and oxygen atoms in total. The molecule has 0 fully saturated rings. The fourth-order valence-corrected chi connectivity index (χ4v) is 5.88. The molecule has 0 bridgehead atoms. The summed E-state index contributed by atoms with van der Waals surface area (Å²) < 4.78 is 14.1. The number of benzene rings is 3. The van der Waals surface area contributed by atoms with Crippen LogP contribution >= 0.6 is 0 Å². The van der Waals surface area contributed by atoms with Crippen molar-refractivity contribution in [2.24, 2.45) is 0 Å². The van der Waals surface area contributed by atoms with Crippen LogP contribution in [0.5, 0.6) is 11.5 Å². The van der Waals surface area contributed by atoms with Crippen LogP contribution < -0.4 is 9.47 Å². The number of ether oxygens (including phenoxy) is 2. The highest BCUT2D eigenvalue weighted by Gasteiger charge is 2.35. The van der Waals surface area contributed by atoms with Crippen molar-refractivity contribution in [3.8, 4) is 11.5 Å². The molecular weight excluding hydrogens is 436 g/mol. The molecule has 0 spiro atoms. The molecule has 6 rings (SSSR count). The quantitative estimate of drug-likeness (QED) is 0.412. The minimum Gasteiger partial charge on any atom is -0.493 e. The Balaban J connectivity index is 1.34. The second-order valence-corrected chi connectivity index (χ2v) is 9.61. The Bertz CT molecular complexity index is 1370. The molecule has 5 heteroatoms. The van der Waals surface area contributed by atoms with Gasteiger partial charge in [-0.1, -0.05) is 49.4 Å². The normalized spacial score (nSPS) is 17.1. The number of aromatic nitrogens is 1. The Hall–Kier alpha value is -3.28. The molecule has 0 radical (unpaired) electrons. The maximum absolute atomic E-state index is 10.1. The third-order valence-corrected chi connectivity index (χ3v) is 7.81. The first-order valence-corrected chi connectivity index (χ1v) is 12.6. The summed E-state index contributed by atoms with van der Waals surface area (Å²) >= 11 is 0. The molecule has 35 heavy (non-hydrogen) atoms. The molecule has 3 aromatic carbocycles. The highest BCUT2D eigenvalue weighted by molar-refractivity contribution is 5.86. The van der Waals surface area contributed by atoms with Gasteiger partial charge in [0.1, 0.15) is 13.3 Å². The standard InChI is InChI=1S/C30H32N2O3/c1-3-20-8-10-21(11-9-20)18-35-30-16-24-22(14-29(30)34-2)12-13-31-17-28-25(15-27(24)31)23-6-4-5-7-26(23)32(28)19-33/h4-11,14,16,27,33H,3,12-13,15,17-19H2,1-2H3. The molecule has 2 aliphatic rings. The van der Waals surface area contributed by atoms with Crippen LogP contribution in [0, 0.1) is 0 Å². The largest absolute Gasteiger partial charge is 0.493 e. The molecule has 1 unspecified atom stereocenters. The van der Waals surface area contributed by atoms with Gasteiger partial charge in [0.15, 0.2) is 11.5 Å². The molecule has 180 valence electrons. The van der Waals surface area contributed by atoms with Crippen LogP contribution in [0.15, 0.2) is 60.7 Å². The van der Waals surface area contributed by atoms with Gasteiger partial charge in [0.2, 0.25) is 0 Å². The number of aliphatic hydroxyl groups excluding tert-OH is 1. The predicted octanol–water partition coefficient (Wildman–Crippen LogP) is 5.40. The fraction of sp³-hybridized carbons (Fsp3) is 0.333. The van der Waals surface area contributed by atoms with Gasteiger partial charge in [-0.2, -0.15) is 0 Å². The molecule has 0 saturated carbocycles. The van der Waals surface area contributed by atoms with Gasteiger partial charge in [-0.15, -0.1) is 0 Å². The number of hydrogen-bond donors (Lipinski definition) is 1. The van der Waals surface area contributed by atoms with E-state index in [1.54, 1.807) is 7.11 Å². The summed E-state index contributed by atoms with van der Waals surface area (Å²) in [6.07, 6.45) is 2.95. The second-order valence-electron chi connectivity index (χ2n) is 9.61. The monoisotopic (exact) mass is 468 g/mol. The zero-order chi connectivity index (χ0) is 23.9. The average Bonchev–Trinajstić information content (AvgIpc) is 3.23. The summed E-state index contributed by atoms with van der Waals surface area (Å²) in [7, 11) is 1.72. The van der Waals surface area contributed by atoms with Gasteiger partial charge in [0, 0.05) is 30.2 Å². The average molecular weight is 469 g/mol. The van der Waals surface area contributed by atoms with Gasteiger partial charge in [-0.3, -0.25) is 4.90 Å². The van der Waals surface area contributed by atoms with E-state index in [2.05, 4.69) is 71.0 Å². The smallest absolute Gasteiger partial charge is 0.162 e. The number of methoxy groups -OCH3 is 1. The van der Waals surface area contributed by atoms with Crippen molar-refractivity contribution in [3.63, 3.8) is 0 Å². The van der Waals surface area contributed by atoms with Crippen molar-refractivity contribution in [1.29, 1.82) is 0 Å². The molecule has 0 amide bonds. The summed E-state index contributed by atoms with van der Waals surface area (Å²) in [4.78, 5) is 2.55. The molecule has 1 atom stereocenters.